The first-order chi connectivity index (χ1) is 5.96. The molecule has 0 amide bonds. The zero-order valence-corrected chi connectivity index (χ0v) is 11.2. The van der Waals surface area contributed by atoms with E-state index in [1.54, 1.807) is 0 Å². The molecule has 0 saturated carbocycles. The maximum Gasteiger partial charge on any atom is 2.00 e. The first kappa shape index (κ1) is 24.4. The van der Waals surface area contributed by atoms with Crippen LogP contribution in [0.15, 0.2) is 42.9 Å². The molecule has 0 bridgehead atoms. The topological polar surface area (TPSA) is 40.5 Å². The summed E-state index contributed by atoms with van der Waals surface area (Å²) in [7, 11) is 0. The van der Waals surface area contributed by atoms with Crippen molar-refractivity contribution in [1.82, 2.24) is 0 Å². The maximum atomic E-state index is 7.86. The van der Waals surface area contributed by atoms with Crippen molar-refractivity contribution in [2.75, 3.05) is 0 Å². The van der Waals surface area contributed by atoms with Gasteiger partial charge in [0.15, 0.2) is 0 Å². The van der Waals surface area contributed by atoms with Crippen LogP contribution in [0.25, 0.3) is 0 Å². The Hall–Kier alpha value is 0.0795. The summed E-state index contributed by atoms with van der Waals surface area (Å²) in [6, 6.07) is 0. The van der Waals surface area contributed by atoms with E-state index < -0.39 is 0 Å². The fourth-order valence-corrected chi connectivity index (χ4v) is 0.340. The summed E-state index contributed by atoms with van der Waals surface area (Å²) in [5, 5.41) is 15.7. The Morgan fingerprint density at radius 2 is 1.53 bits per heavy atom. The predicted molar refractivity (Wildman–Crippen MR) is 62.9 cm³/mol. The molecule has 0 unspecified atom stereocenters. The number of hydrogen-bond donors (Lipinski definition) is 2. The molecule has 2 nitrogen and oxygen atoms in total. The molecule has 0 saturated heterocycles. The Balaban J connectivity index is -0.0000000575. The standard InChI is InChI=1S/C5H5.2C3H6O.CH3.Yb/c1-2-4-5-3-1;2*1-3(2)4;;/h1-3H,4H2;2*4H,1H2,2H3;1H3;/q-1;;;-1;+2. The number of aliphatic hydroxyl groups is 2. The van der Waals surface area contributed by atoms with Gasteiger partial charge in [-0.15, -0.1) is 6.42 Å². The van der Waals surface area contributed by atoms with Crippen molar-refractivity contribution >= 4 is 0 Å². The molecule has 1 aliphatic rings. The molecule has 0 radical (unpaired) electrons. The number of allylic oxidation sites excluding steroid dienone is 6. The minimum atomic E-state index is 0. The van der Waals surface area contributed by atoms with Crippen molar-refractivity contribution in [3.63, 3.8) is 0 Å². The van der Waals surface area contributed by atoms with Gasteiger partial charge in [-0.1, -0.05) is 13.2 Å². The largest absolute Gasteiger partial charge is 2.00 e. The van der Waals surface area contributed by atoms with Gasteiger partial charge >= 0.3 is 46.9 Å². The zero-order chi connectivity index (χ0) is 10.7. The summed E-state index contributed by atoms with van der Waals surface area (Å²) < 4.78 is 0. The molecule has 0 spiro atoms. The van der Waals surface area contributed by atoms with Crippen LogP contribution in [0.2, 0.25) is 0 Å². The number of rotatable bonds is 0. The van der Waals surface area contributed by atoms with Gasteiger partial charge in [-0.3, -0.25) is 6.08 Å². The van der Waals surface area contributed by atoms with Crippen molar-refractivity contribution in [3.8, 4) is 0 Å². The van der Waals surface area contributed by atoms with Crippen LogP contribution >= 0.6 is 0 Å². The summed E-state index contributed by atoms with van der Waals surface area (Å²) in [6.07, 6.45) is 10.0. The fourth-order valence-electron chi connectivity index (χ4n) is 0.340. The monoisotopic (exact) mass is 370 g/mol. The molecule has 0 heterocycles. The van der Waals surface area contributed by atoms with Crippen LogP contribution < -0.4 is 0 Å². The average molecular weight is 369 g/mol. The third-order valence-electron chi connectivity index (χ3n) is 0.586. The smallest absolute Gasteiger partial charge is 0.513 e. The average Bonchev–Trinajstić information content (AvgIpc) is 2.35. The van der Waals surface area contributed by atoms with Crippen LogP contribution in [-0.4, -0.2) is 10.2 Å². The normalized spacial score (nSPS) is 9.20. The summed E-state index contributed by atoms with van der Waals surface area (Å²) in [4.78, 5) is 0. The van der Waals surface area contributed by atoms with Crippen molar-refractivity contribution < 1.29 is 57.1 Å². The second-order valence-corrected chi connectivity index (χ2v) is 2.47. The van der Waals surface area contributed by atoms with Gasteiger partial charge in [0, 0.05) is 0 Å². The molecule has 0 aromatic heterocycles. The second kappa shape index (κ2) is 19.6. The maximum absolute atomic E-state index is 7.86. The molecule has 0 aromatic rings. The molecule has 0 aliphatic heterocycles. The van der Waals surface area contributed by atoms with E-state index in [0.717, 1.165) is 6.42 Å². The summed E-state index contributed by atoms with van der Waals surface area (Å²) >= 11 is 0. The Kier molecular flexibility index (Phi) is 31.9. The van der Waals surface area contributed by atoms with Gasteiger partial charge in [-0.2, -0.15) is 6.08 Å². The second-order valence-electron chi connectivity index (χ2n) is 2.47. The van der Waals surface area contributed by atoms with Crippen LogP contribution in [0.3, 0.4) is 0 Å². The molecular formula is C12H20O2Yb. The van der Waals surface area contributed by atoms with Crippen molar-refractivity contribution in [2.45, 2.75) is 20.3 Å². The Morgan fingerprint density at radius 3 is 1.60 bits per heavy atom. The zero-order valence-electron chi connectivity index (χ0n) is 9.52. The Labute approximate surface area is 132 Å². The van der Waals surface area contributed by atoms with E-state index in [9.17, 15) is 0 Å². The molecule has 94 valence electrons. The quantitative estimate of drug-likeness (QED) is 0.502. The minimum Gasteiger partial charge on any atom is -0.513 e. The van der Waals surface area contributed by atoms with Gasteiger partial charge in [-0.25, -0.2) is 12.2 Å². The van der Waals surface area contributed by atoms with Crippen LogP contribution in [0.1, 0.15) is 20.3 Å². The molecule has 3 heteroatoms. The molecule has 1 aliphatic carbocycles. The Morgan fingerprint density at radius 1 is 1.20 bits per heavy atom. The molecule has 0 fully saturated rings. The minimum absolute atomic E-state index is 0. The summed E-state index contributed by atoms with van der Waals surface area (Å²) in [5.74, 6) is 0.333. The van der Waals surface area contributed by atoms with E-state index in [2.05, 4.69) is 25.3 Å². The van der Waals surface area contributed by atoms with E-state index in [1.807, 2.05) is 12.2 Å². The van der Waals surface area contributed by atoms with E-state index in [1.165, 1.54) is 13.8 Å². The van der Waals surface area contributed by atoms with E-state index >= 15 is 0 Å². The molecule has 0 aromatic carbocycles. The molecule has 15 heavy (non-hydrogen) atoms. The first-order valence-electron chi connectivity index (χ1n) is 3.87. The number of aliphatic hydroxyl groups excluding tert-OH is 2. The van der Waals surface area contributed by atoms with E-state index in [-0.39, 0.29) is 65.9 Å². The van der Waals surface area contributed by atoms with Crippen LogP contribution in [0, 0.1) is 60.4 Å². The third kappa shape index (κ3) is 79.6. The van der Waals surface area contributed by atoms with Gasteiger partial charge in [0.1, 0.15) is 0 Å². The van der Waals surface area contributed by atoms with Crippen LogP contribution in [0.5, 0.6) is 0 Å². The third-order valence-corrected chi connectivity index (χ3v) is 0.586. The summed E-state index contributed by atoms with van der Waals surface area (Å²) in [5.41, 5.74) is 0. The number of hydrogen-bond acceptors (Lipinski definition) is 2. The van der Waals surface area contributed by atoms with E-state index in [0.29, 0.717) is 0 Å². The first-order valence-corrected chi connectivity index (χ1v) is 3.87. The van der Waals surface area contributed by atoms with Gasteiger partial charge in [-0.05, 0) is 13.8 Å². The van der Waals surface area contributed by atoms with Crippen LogP contribution in [-0.2, 0) is 0 Å². The van der Waals surface area contributed by atoms with Crippen molar-refractivity contribution in [1.29, 1.82) is 0 Å². The molecule has 2 N–H and O–H groups in total. The van der Waals surface area contributed by atoms with Crippen molar-refractivity contribution in [2.24, 2.45) is 0 Å². The fraction of sp³-hybridized carbons (Fsp3) is 0.250. The van der Waals surface area contributed by atoms with Gasteiger partial charge in [0.2, 0.25) is 0 Å². The Bertz CT molecular complexity index is 176. The molecular weight excluding hydrogens is 349 g/mol. The van der Waals surface area contributed by atoms with Gasteiger partial charge < -0.3 is 17.6 Å². The van der Waals surface area contributed by atoms with Gasteiger partial charge in [0.25, 0.3) is 0 Å². The van der Waals surface area contributed by atoms with Crippen LogP contribution in [0.4, 0.5) is 0 Å². The predicted octanol–water partition coefficient (Wildman–Crippen LogP) is 3.91. The van der Waals surface area contributed by atoms with Crippen molar-refractivity contribution in [3.05, 3.63) is 56.4 Å². The SMILES string of the molecule is C=C(C)O.C=C(C)O.[C-]1=CC=CC1.[CH3-].[Yb+2]. The summed E-state index contributed by atoms with van der Waals surface area (Å²) in [6.45, 7) is 9.28. The van der Waals surface area contributed by atoms with E-state index in [4.69, 9.17) is 10.2 Å². The van der Waals surface area contributed by atoms with Gasteiger partial charge in [0.05, 0.1) is 11.5 Å². The molecule has 0 atom stereocenters. The molecule has 1 rings (SSSR count).